The van der Waals surface area contributed by atoms with Crippen LogP contribution in [0.25, 0.3) is 0 Å². The molecule has 3 N–H and O–H groups in total. The summed E-state index contributed by atoms with van der Waals surface area (Å²) in [5, 5.41) is 9.82. The molecule has 0 aliphatic carbocycles. The molecular formula is C12H18N2O. The summed E-state index contributed by atoms with van der Waals surface area (Å²) < 4.78 is 0. The lowest BCUT2D eigenvalue weighted by Crippen LogP contribution is -2.12. The Morgan fingerprint density at radius 1 is 1.53 bits per heavy atom. The summed E-state index contributed by atoms with van der Waals surface area (Å²) in [4.78, 5) is 2.24. The molecule has 15 heavy (non-hydrogen) atoms. The number of anilines is 1. The Balaban J connectivity index is 2.23. The first-order valence-electron chi connectivity index (χ1n) is 5.44. The van der Waals surface area contributed by atoms with Crippen molar-refractivity contribution in [1.29, 1.82) is 0 Å². The predicted octanol–water partition coefficient (Wildman–Crippen LogP) is 1.06. The van der Waals surface area contributed by atoms with E-state index in [9.17, 15) is 5.11 Å². The summed E-state index contributed by atoms with van der Waals surface area (Å²) in [7, 11) is 2.10. The molecule has 0 radical (unpaired) electrons. The Hall–Kier alpha value is -1.06. The topological polar surface area (TPSA) is 49.5 Å². The van der Waals surface area contributed by atoms with Gasteiger partial charge in [0.15, 0.2) is 0 Å². The quantitative estimate of drug-likeness (QED) is 0.777. The zero-order chi connectivity index (χ0) is 10.8. The highest BCUT2D eigenvalue weighted by Gasteiger charge is 2.17. The molecule has 1 aliphatic heterocycles. The lowest BCUT2D eigenvalue weighted by Gasteiger charge is -2.14. The van der Waals surface area contributed by atoms with Gasteiger partial charge in [-0.1, -0.05) is 12.1 Å². The molecule has 0 saturated carbocycles. The molecule has 0 aromatic heterocycles. The molecule has 3 heteroatoms. The standard InChI is InChI=1S/C12H18N2O/c1-14-7-5-9-8-10(2-3-11(9)14)12(15)4-6-13/h2-3,8,12,15H,4-7,13H2,1H3. The van der Waals surface area contributed by atoms with Crippen LogP contribution in [0.5, 0.6) is 0 Å². The Kier molecular flexibility index (Phi) is 2.93. The van der Waals surface area contributed by atoms with Gasteiger partial charge in [-0.15, -0.1) is 0 Å². The third-order valence-electron chi connectivity index (χ3n) is 3.06. The van der Waals surface area contributed by atoms with E-state index >= 15 is 0 Å². The smallest absolute Gasteiger partial charge is 0.0802 e. The number of benzene rings is 1. The fraction of sp³-hybridized carbons (Fsp3) is 0.500. The Bertz CT molecular complexity index is 351. The number of nitrogens with zero attached hydrogens (tertiary/aromatic N) is 1. The highest BCUT2D eigenvalue weighted by atomic mass is 16.3. The maximum atomic E-state index is 9.82. The fourth-order valence-corrected chi connectivity index (χ4v) is 2.12. The average molecular weight is 206 g/mol. The summed E-state index contributed by atoms with van der Waals surface area (Å²) in [6.07, 6.45) is 1.30. The van der Waals surface area contributed by atoms with Crippen LogP contribution in [-0.4, -0.2) is 25.2 Å². The number of likely N-dealkylation sites (N-methyl/N-ethyl adjacent to an activating group) is 1. The van der Waals surface area contributed by atoms with Crippen molar-refractivity contribution in [2.24, 2.45) is 5.73 Å². The van der Waals surface area contributed by atoms with Crippen molar-refractivity contribution < 1.29 is 5.11 Å². The Labute approximate surface area is 90.5 Å². The van der Waals surface area contributed by atoms with E-state index in [-0.39, 0.29) is 0 Å². The van der Waals surface area contributed by atoms with E-state index < -0.39 is 6.10 Å². The summed E-state index contributed by atoms with van der Waals surface area (Å²) in [6, 6.07) is 6.21. The third-order valence-corrected chi connectivity index (χ3v) is 3.06. The van der Waals surface area contributed by atoms with Crippen molar-refractivity contribution in [1.82, 2.24) is 0 Å². The van der Waals surface area contributed by atoms with Gasteiger partial charge < -0.3 is 15.7 Å². The molecule has 1 heterocycles. The molecule has 0 amide bonds. The van der Waals surface area contributed by atoms with Gasteiger partial charge in [0.05, 0.1) is 6.10 Å². The van der Waals surface area contributed by atoms with Crippen LogP contribution in [0.1, 0.15) is 23.7 Å². The molecule has 1 aromatic rings. The number of fused-ring (bicyclic) bond motifs is 1. The van der Waals surface area contributed by atoms with Crippen LogP contribution >= 0.6 is 0 Å². The lowest BCUT2D eigenvalue weighted by molar-refractivity contribution is 0.170. The Morgan fingerprint density at radius 3 is 3.07 bits per heavy atom. The van der Waals surface area contributed by atoms with E-state index in [0.717, 1.165) is 18.5 Å². The molecule has 0 fully saturated rings. The van der Waals surface area contributed by atoms with E-state index in [0.29, 0.717) is 13.0 Å². The van der Waals surface area contributed by atoms with Gasteiger partial charge in [-0.05, 0) is 36.6 Å². The van der Waals surface area contributed by atoms with Crippen LogP contribution in [0, 0.1) is 0 Å². The lowest BCUT2D eigenvalue weighted by atomic mass is 10.0. The second-order valence-corrected chi connectivity index (χ2v) is 4.15. The number of nitrogens with two attached hydrogens (primary N) is 1. The van der Waals surface area contributed by atoms with Gasteiger partial charge in [0, 0.05) is 19.3 Å². The van der Waals surface area contributed by atoms with Crippen LogP contribution in [0.4, 0.5) is 5.69 Å². The van der Waals surface area contributed by atoms with E-state index in [1.807, 2.05) is 6.07 Å². The summed E-state index contributed by atoms with van der Waals surface area (Å²) in [6.45, 7) is 1.60. The largest absolute Gasteiger partial charge is 0.388 e. The van der Waals surface area contributed by atoms with Gasteiger partial charge in [0.1, 0.15) is 0 Å². The first kappa shape index (κ1) is 10.5. The average Bonchev–Trinajstić information content (AvgIpc) is 2.60. The minimum atomic E-state index is -0.411. The van der Waals surface area contributed by atoms with Crippen LogP contribution in [-0.2, 0) is 6.42 Å². The minimum Gasteiger partial charge on any atom is -0.388 e. The molecule has 0 bridgehead atoms. The number of aliphatic hydroxyl groups excluding tert-OH is 1. The third kappa shape index (κ3) is 1.98. The minimum absolute atomic E-state index is 0.411. The van der Waals surface area contributed by atoms with E-state index in [1.54, 1.807) is 0 Å². The monoisotopic (exact) mass is 206 g/mol. The van der Waals surface area contributed by atoms with Crippen molar-refractivity contribution in [3.05, 3.63) is 29.3 Å². The van der Waals surface area contributed by atoms with Gasteiger partial charge in [-0.25, -0.2) is 0 Å². The van der Waals surface area contributed by atoms with Gasteiger partial charge in [-0.3, -0.25) is 0 Å². The highest BCUT2D eigenvalue weighted by molar-refractivity contribution is 5.58. The number of rotatable bonds is 3. The van der Waals surface area contributed by atoms with Gasteiger partial charge >= 0.3 is 0 Å². The van der Waals surface area contributed by atoms with E-state index in [2.05, 4.69) is 24.1 Å². The number of hydrogen-bond donors (Lipinski definition) is 2. The molecule has 0 spiro atoms. The number of hydrogen-bond acceptors (Lipinski definition) is 3. The van der Waals surface area contributed by atoms with Gasteiger partial charge in [0.2, 0.25) is 0 Å². The fourth-order valence-electron chi connectivity index (χ4n) is 2.12. The van der Waals surface area contributed by atoms with Crippen LogP contribution < -0.4 is 10.6 Å². The van der Waals surface area contributed by atoms with E-state index in [4.69, 9.17) is 5.73 Å². The van der Waals surface area contributed by atoms with Crippen LogP contribution in [0.3, 0.4) is 0 Å². The van der Waals surface area contributed by atoms with Crippen molar-refractivity contribution in [2.45, 2.75) is 18.9 Å². The number of aliphatic hydroxyl groups is 1. The summed E-state index contributed by atoms with van der Waals surface area (Å²) >= 11 is 0. The molecule has 2 rings (SSSR count). The van der Waals surface area contributed by atoms with Crippen LogP contribution in [0.15, 0.2) is 18.2 Å². The molecule has 1 unspecified atom stereocenters. The normalized spacial score (nSPS) is 16.6. The van der Waals surface area contributed by atoms with Crippen molar-refractivity contribution in [3.8, 4) is 0 Å². The van der Waals surface area contributed by atoms with Gasteiger partial charge in [-0.2, -0.15) is 0 Å². The van der Waals surface area contributed by atoms with Crippen molar-refractivity contribution in [2.75, 3.05) is 25.0 Å². The first-order chi connectivity index (χ1) is 7.22. The maximum Gasteiger partial charge on any atom is 0.0802 e. The van der Waals surface area contributed by atoms with Crippen molar-refractivity contribution >= 4 is 5.69 Å². The second kappa shape index (κ2) is 4.21. The second-order valence-electron chi connectivity index (χ2n) is 4.15. The Morgan fingerprint density at radius 2 is 2.33 bits per heavy atom. The van der Waals surface area contributed by atoms with Gasteiger partial charge in [0.25, 0.3) is 0 Å². The highest BCUT2D eigenvalue weighted by Crippen LogP contribution is 2.29. The zero-order valence-corrected chi connectivity index (χ0v) is 9.11. The SMILES string of the molecule is CN1CCc2cc(C(O)CCN)ccc21. The molecule has 0 saturated heterocycles. The molecule has 3 nitrogen and oxygen atoms in total. The van der Waals surface area contributed by atoms with Crippen molar-refractivity contribution in [3.63, 3.8) is 0 Å². The predicted molar refractivity (Wildman–Crippen MR) is 62.0 cm³/mol. The van der Waals surface area contributed by atoms with E-state index in [1.165, 1.54) is 11.3 Å². The first-order valence-corrected chi connectivity index (χ1v) is 5.44. The molecule has 82 valence electrons. The molecule has 1 aromatic carbocycles. The molecule has 1 aliphatic rings. The summed E-state index contributed by atoms with van der Waals surface area (Å²) in [5.41, 5.74) is 9.06. The summed E-state index contributed by atoms with van der Waals surface area (Å²) in [5.74, 6) is 0. The molecular weight excluding hydrogens is 188 g/mol. The zero-order valence-electron chi connectivity index (χ0n) is 9.11. The molecule has 1 atom stereocenters. The maximum absolute atomic E-state index is 9.82. The van der Waals surface area contributed by atoms with Crippen LogP contribution in [0.2, 0.25) is 0 Å².